The Labute approximate surface area is 99.7 Å². The normalized spacial score (nSPS) is 11.1. The Morgan fingerprint density at radius 1 is 1.44 bits per heavy atom. The highest BCUT2D eigenvalue weighted by atomic mass is 35.5. The molecule has 0 amide bonds. The number of nitrogens with two attached hydrogens (primary N) is 1. The van der Waals surface area contributed by atoms with Gasteiger partial charge in [-0.15, -0.1) is 0 Å². The van der Waals surface area contributed by atoms with Gasteiger partial charge in [0.05, 0.1) is 17.6 Å². The van der Waals surface area contributed by atoms with Crippen molar-refractivity contribution < 1.29 is 4.74 Å². The molecule has 4 heteroatoms. The molecule has 0 spiro atoms. The Bertz CT molecular complexity index is 546. The van der Waals surface area contributed by atoms with Gasteiger partial charge in [-0.3, -0.25) is 0 Å². The molecular formula is C12H15ClN2O. The highest BCUT2D eigenvalue weighted by Crippen LogP contribution is 2.37. The number of aryl methyl sites for hydroxylation is 1. The van der Waals surface area contributed by atoms with Crippen molar-refractivity contribution in [1.29, 1.82) is 0 Å². The van der Waals surface area contributed by atoms with Gasteiger partial charge in [-0.25, -0.2) is 0 Å². The smallest absolute Gasteiger partial charge is 0.147 e. The van der Waals surface area contributed by atoms with Crippen LogP contribution >= 0.6 is 11.6 Å². The number of rotatable bonds is 2. The summed E-state index contributed by atoms with van der Waals surface area (Å²) in [5, 5.41) is 1.65. The van der Waals surface area contributed by atoms with Gasteiger partial charge in [0, 0.05) is 24.7 Å². The van der Waals surface area contributed by atoms with Gasteiger partial charge in [0.15, 0.2) is 0 Å². The predicted octanol–water partition coefficient (Wildman–Crippen LogP) is 2.61. The summed E-state index contributed by atoms with van der Waals surface area (Å²) in [6.07, 6.45) is 0. The molecule has 3 nitrogen and oxygen atoms in total. The summed E-state index contributed by atoms with van der Waals surface area (Å²) in [6.45, 7) is 2.54. The summed E-state index contributed by atoms with van der Waals surface area (Å²) < 4.78 is 7.48. The van der Waals surface area contributed by atoms with Crippen LogP contribution in [-0.4, -0.2) is 11.7 Å². The molecule has 0 saturated heterocycles. The molecule has 1 aromatic heterocycles. The Kier molecular flexibility index (Phi) is 2.82. The molecule has 2 rings (SSSR count). The van der Waals surface area contributed by atoms with Crippen LogP contribution in [0.3, 0.4) is 0 Å². The van der Waals surface area contributed by atoms with E-state index in [0.717, 1.165) is 22.2 Å². The Hall–Kier alpha value is -1.19. The maximum absolute atomic E-state index is 6.12. The van der Waals surface area contributed by atoms with Crippen LogP contribution in [0.2, 0.25) is 5.02 Å². The standard InChI is InChI=1S/C12H15ClN2O/c1-7-8(6-14)11-10(15(7)2)5-4-9(13)12(11)16-3/h4-5H,6,14H2,1-3H3. The number of aromatic nitrogens is 1. The average Bonchev–Trinajstić information content (AvgIpc) is 2.52. The molecule has 1 heterocycles. The Morgan fingerprint density at radius 2 is 2.12 bits per heavy atom. The van der Waals surface area contributed by atoms with Crippen LogP contribution < -0.4 is 10.5 Å². The fraction of sp³-hybridized carbons (Fsp3) is 0.333. The lowest BCUT2D eigenvalue weighted by Gasteiger charge is -2.06. The zero-order valence-electron chi connectivity index (χ0n) is 9.67. The molecule has 2 N–H and O–H groups in total. The number of hydrogen-bond donors (Lipinski definition) is 1. The SMILES string of the molecule is COc1c(Cl)ccc2c1c(CN)c(C)n2C. The van der Waals surface area contributed by atoms with E-state index in [2.05, 4.69) is 11.5 Å². The minimum absolute atomic E-state index is 0.486. The van der Waals surface area contributed by atoms with Crippen LogP contribution in [0.1, 0.15) is 11.3 Å². The number of fused-ring (bicyclic) bond motifs is 1. The van der Waals surface area contributed by atoms with E-state index in [0.29, 0.717) is 17.3 Å². The fourth-order valence-corrected chi connectivity index (χ4v) is 2.37. The van der Waals surface area contributed by atoms with Crippen molar-refractivity contribution in [3.8, 4) is 5.75 Å². The van der Waals surface area contributed by atoms with Crippen LogP contribution in [0.25, 0.3) is 10.9 Å². The number of ether oxygens (including phenoxy) is 1. The molecule has 0 unspecified atom stereocenters. The number of methoxy groups -OCH3 is 1. The largest absolute Gasteiger partial charge is 0.494 e. The third kappa shape index (κ3) is 1.39. The molecule has 0 bridgehead atoms. The first-order valence-electron chi connectivity index (χ1n) is 5.12. The second-order valence-electron chi connectivity index (χ2n) is 3.80. The van der Waals surface area contributed by atoms with Crippen LogP contribution in [-0.2, 0) is 13.6 Å². The maximum Gasteiger partial charge on any atom is 0.147 e. The molecule has 0 atom stereocenters. The van der Waals surface area contributed by atoms with Crippen molar-refractivity contribution >= 4 is 22.5 Å². The Balaban J connectivity index is 2.96. The van der Waals surface area contributed by atoms with Gasteiger partial charge in [-0.1, -0.05) is 11.6 Å². The van der Waals surface area contributed by atoms with Gasteiger partial charge in [0.1, 0.15) is 5.75 Å². The molecule has 86 valence electrons. The summed E-state index contributed by atoms with van der Waals surface area (Å²) in [4.78, 5) is 0. The topological polar surface area (TPSA) is 40.2 Å². The van der Waals surface area contributed by atoms with Crippen molar-refractivity contribution in [2.75, 3.05) is 7.11 Å². The van der Waals surface area contributed by atoms with Crippen LogP contribution in [0.4, 0.5) is 0 Å². The monoisotopic (exact) mass is 238 g/mol. The highest BCUT2D eigenvalue weighted by molar-refractivity contribution is 6.33. The number of nitrogens with zero attached hydrogens (tertiary/aromatic N) is 1. The predicted molar refractivity (Wildman–Crippen MR) is 67.1 cm³/mol. The first-order valence-corrected chi connectivity index (χ1v) is 5.50. The molecule has 1 aromatic carbocycles. The van der Waals surface area contributed by atoms with Gasteiger partial charge >= 0.3 is 0 Å². The minimum Gasteiger partial charge on any atom is -0.494 e. The zero-order chi connectivity index (χ0) is 11.9. The van der Waals surface area contributed by atoms with E-state index in [1.54, 1.807) is 7.11 Å². The molecule has 0 aliphatic carbocycles. The maximum atomic E-state index is 6.12. The second-order valence-corrected chi connectivity index (χ2v) is 4.21. The van der Waals surface area contributed by atoms with E-state index >= 15 is 0 Å². The molecule has 0 radical (unpaired) electrons. The molecule has 2 aromatic rings. The molecule has 0 aliphatic rings. The number of halogens is 1. The lowest BCUT2D eigenvalue weighted by atomic mass is 10.1. The van der Waals surface area contributed by atoms with E-state index in [4.69, 9.17) is 22.1 Å². The van der Waals surface area contributed by atoms with Crippen LogP contribution in [0.5, 0.6) is 5.75 Å². The molecule has 0 saturated carbocycles. The Morgan fingerprint density at radius 3 is 2.69 bits per heavy atom. The summed E-state index contributed by atoms with van der Waals surface area (Å²) >= 11 is 6.12. The quantitative estimate of drug-likeness (QED) is 0.874. The number of benzene rings is 1. The third-order valence-electron chi connectivity index (χ3n) is 3.10. The van der Waals surface area contributed by atoms with E-state index in [1.165, 1.54) is 0 Å². The van der Waals surface area contributed by atoms with Gasteiger partial charge in [0.25, 0.3) is 0 Å². The fourth-order valence-electron chi connectivity index (χ4n) is 2.13. The second kappa shape index (κ2) is 4.00. The molecular weight excluding hydrogens is 224 g/mol. The van der Waals surface area contributed by atoms with Crippen LogP contribution in [0, 0.1) is 6.92 Å². The number of hydrogen-bond acceptors (Lipinski definition) is 2. The summed E-state index contributed by atoms with van der Waals surface area (Å²) in [7, 11) is 3.65. The first kappa shape index (κ1) is 11.3. The molecule has 0 fully saturated rings. The van der Waals surface area contributed by atoms with Gasteiger partial charge in [-0.2, -0.15) is 0 Å². The van der Waals surface area contributed by atoms with Gasteiger partial charge in [-0.05, 0) is 24.6 Å². The molecule has 16 heavy (non-hydrogen) atoms. The third-order valence-corrected chi connectivity index (χ3v) is 3.40. The zero-order valence-corrected chi connectivity index (χ0v) is 10.4. The highest BCUT2D eigenvalue weighted by Gasteiger charge is 2.16. The van der Waals surface area contributed by atoms with Crippen molar-refractivity contribution in [2.24, 2.45) is 12.8 Å². The minimum atomic E-state index is 0.486. The molecule has 0 aliphatic heterocycles. The lowest BCUT2D eigenvalue weighted by molar-refractivity contribution is 0.420. The average molecular weight is 239 g/mol. The van der Waals surface area contributed by atoms with E-state index in [9.17, 15) is 0 Å². The van der Waals surface area contributed by atoms with Crippen molar-refractivity contribution in [1.82, 2.24) is 4.57 Å². The van der Waals surface area contributed by atoms with Crippen LogP contribution in [0.15, 0.2) is 12.1 Å². The van der Waals surface area contributed by atoms with Gasteiger partial charge in [0.2, 0.25) is 0 Å². The van der Waals surface area contributed by atoms with Crippen molar-refractivity contribution in [3.05, 3.63) is 28.4 Å². The van der Waals surface area contributed by atoms with E-state index < -0.39 is 0 Å². The van der Waals surface area contributed by atoms with E-state index in [-0.39, 0.29) is 0 Å². The van der Waals surface area contributed by atoms with Gasteiger partial charge < -0.3 is 15.0 Å². The summed E-state index contributed by atoms with van der Waals surface area (Å²) in [6, 6.07) is 3.84. The lowest BCUT2D eigenvalue weighted by Crippen LogP contribution is -1.99. The first-order chi connectivity index (χ1) is 7.61. The van der Waals surface area contributed by atoms with E-state index in [1.807, 2.05) is 19.2 Å². The summed E-state index contributed by atoms with van der Waals surface area (Å²) in [5.41, 5.74) is 9.13. The van der Waals surface area contributed by atoms with Crippen molar-refractivity contribution in [2.45, 2.75) is 13.5 Å². The van der Waals surface area contributed by atoms with Crippen molar-refractivity contribution in [3.63, 3.8) is 0 Å². The summed E-state index contributed by atoms with van der Waals surface area (Å²) in [5.74, 6) is 0.711.